The van der Waals surface area contributed by atoms with Crippen LogP contribution in [-0.4, -0.2) is 79.8 Å². The van der Waals surface area contributed by atoms with Crippen molar-refractivity contribution in [1.29, 1.82) is 0 Å². The van der Waals surface area contributed by atoms with Gasteiger partial charge in [0.2, 0.25) is 5.88 Å². The molecule has 2 aliphatic rings. The number of fused-ring (bicyclic) bond motifs is 2. The van der Waals surface area contributed by atoms with Gasteiger partial charge in [0.1, 0.15) is 12.4 Å². The highest BCUT2D eigenvalue weighted by Gasteiger charge is 2.26. The molecule has 2 saturated heterocycles. The minimum Gasteiger partial charge on any atom is -0.478 e. The van der Waals surface area contributed by atoms with E-state index in [0.717, 1.165) is 84.5 Å². The van der Waals surface area contributed by atoms with Crippen molar-refractivity contribution in [2.24, 2.45) is 0 Å². The van der Waals surface area contributed by atoms with Crippen LogP contribution in [0.1, 0.15) is 52.6 Å². The van der Waals surface area contributed by atoms with Gasteiger partial charge >= 0.3 is 5.97 Å². The zero-order valence-corrected chi connectivity index (χ0v) is 25.5. The van der Waals surface area contributed by atoms with Gasteiger partial charge in [-0.3, -0.25) is 9.58 Å². The highest BCUT2D eigenvalue weighted by atomic mass is 16.5. The predicted octanol–water partition coefficient (Wildman–Crippen LogP) is 4.87. The lowest BCUT2D eigenvalue weighted by Gasteiger charge is -2.32. The Hall–Kier alpha value is -4.32. The van der Waals surface area contributed by atoms with E-state index in [1.807, 2.05) is 29.1 Å². The van der Waals surface area contributed by atoms with Crippen molar-refractivity contribution in [1.82, 2.24) is 29.2 Å². The summed E-state index contributed by atoms with van der Waals surface area (Å²) in [5.74, 6) is 1.01. The van der Waals surface area contributed by atoms with E-state index in [-0.39, 0.29) is 11.7 Å². The number of methoxy groups -OCH3 is 1. The molecule has 0 radical (unpaired) electrons. The molecule has 0 unspecified atom stereocenters. The topological polar surface area (TPSA) is 117 Å². The Morgan fingerprint density at radius 1 is 1.04 bits per heavy atom. The van der Waals surface area contributed by atoms with Gasteiger partial charge in [-0.15, -0.1) is 0 Å². The summed E-state index contributed by atoms with van der Waals surface area (Å²) in [5, 5.41) is 15.3. The molecule has 5 aromatic rings. The molecular weight excluding hydrogens is 572 g/mol. The molecule has 3 aromatic heterocycles. The molecule has 11 nitrogen and oxygen atoms in total. The van der Waals surface area contributed by atoms with Crippen LogP contribution in [0.2, 0.25) is 0 Å². The molecule has 5 heterocycles. The quantitative estimate of drug-likeness (QED) is 0.211. The number of hydrogen-bond donors (Lipinski definition) is 1. The zero-order valence-electron chi connectivity index (χ0n) is 25.5. The number of rotatable bonds is 12. The average molecular weight is 611 g/mol. The Morgan fingerprint density at radius 3 is 2.69 bits per heavy atom. The maximum absolute atomic E-state index is 11.6. The largest absolute Gasteiger partial charge is 0.478 e. The summed E-state index contributed by atoms with van der Waals surface area (Å²) in [7, 11) is 1.69. The van der Waals surface area contributed by atoms with Crippen molar-refractivity contribution in [3.05, 3.63) is 83.4 Å². The van der Waals surface area contributed by atoms with Gasteiger partial charge in [0.15, 0.2) is 0 Å². The first-order chi connectivity index (χ1) is 22.0. The predicted molar refractivity (Wildman–Crippen MR) is 168 cm³/mol. The van der Waals surface area contributed by atoms with Crippen molar-refractivity contribution >= 4 is 27.9 Å². The third-order valence-corrected chi connectivity index (χ3v) is 8.90. The number of pyridine rings is 1. The van der Waals surface area contributed by atoms with E-state index in [1.165, 1.54) is 0 Å². The first-order valence-corrected chi connectivity index (χ1v) is 15.6. The van der Waals surface area contributed by atoms with Gasteiger partial charge in [-0.1, -0.05) is 18.2 Å². The van der Waals surface area contributed by atoms with Crippen LogP contribution < -0.4 is 4.74 Å². The number of nitrogens with zero attached hydrogens (tertiary/aromatic N) is 6. The summed E-state index contributed by atoms with van der Waals surface area (Å²) in [6.07, 6.45) is 5.18. The number of piperidine rings is 1. The summed E-state index contributed by atoms with van der Waals surface area (Å²) >= 11 is 0. The van der Waals surface area contributed by atoms with Crippen LogP contribution in [0.15, 0.2) is 60.8 Å². The minimum absolute atomic E-state index is 0.147. The van der Waals surface area contributed by atoms with Crippen molar-refractivity contribution in [2.75, 3.05) is 33.4 Å². The molecule has 0 amide bonds. The molecule has 0 bridgehead atoms. The van der Waals surface area contributed by atoms with Gasteiger partial charge in [-0.05, 0) is 68.2 Å². The van der Waals surface area contributed by atoms with Gasteiger partial charge in [-0.2, -0.15) is 5.10 Å². The normalized spacial score (nSPS) is 17.6. The Morgan fingerprint density at radius 2 is 1.91 bits per heavy atom. The van der Waals surface area contributed by atoms with Crippen LogP contribution in [-0.2, 0) is 35.7 Å². The second-order valence-electron chi connectivity index (χ2n) is 11.9. The van der Waals surface area contributed by atoms with Gasteiger partial charge in [0.25, 0.3) is 0 Å². The van der Waals surface area contributed by atoms with Crippen molar-refractivity contribution < 1.29 is 24.1 Å². The Kier molecular flexibility index (Phi) is 8.47. The lowest BCUT2D eigenvalue weighted by Crippen LogP contribution is -2.35. The summed E-state index contributed by atoms with van der Waals surface area (Å²) in [5.41, 5.74) is 5.01. The molecule has 0 aliphatic carbocycles. The maximum atomic E-state index is 11.6. The molecule has 2 fully saturated rings. The van der Waals surface area contributed by atoms with E-state index in [2.05, 4.69) is 38.8 Å². The molecule has 0 spiro atoms. The Bertz CT molecular complexity index is 1800. The first-order valence-electron chi connectivity index (χ1n) is 15.6. The second kappa shape index (κ2) is 13.0. The first kappa shape index (κ1) is 29.4. The smallest absolute Gasteiger partial charge is 0.335 e. The van der Waals surface area contributed by atoms with Gasteiger partial charge < -0.3 is 23.9 Å². The van der Waals surface area contributed by atoms with Crippen molar-refractivity contribution in [3.8, 4) is 5.88 Å². The Labute approximate surface area is 261 Å². The number of carboxylic acids is 1. The molecular formula is C34H38N6O5. The monoisotopic (exact) mass is 610 g/mol. The molecule has 1 N–H and O–H groups in total. The number of carboxylic acid groups (broad SMARTS) is 1. The lowest BCUT2D eigenvalue weighted by atomic mass is 9.93. The third-order valence-electron chi connectivity index (χ3n) is 8.90. The number of carbonyl (C=O) groups is 1. The van der Waals surface area contributed by atoms with Crippen LogP contribution in [0.5, 0.6) is 5.88 Å². The highest BCUT2D eigenvalue weighted by Crippen LogP contribution is 2.30. The molecule has 234 valence electrons. The van der Waals surface area contributed by atoms with E-state index < -0.39 is 5.97 Å². The standard InChI is InChI=1S/C34H38N6O5/c1-43-16-14-39-19-26-6-5-23(17-30(26)37-39)22-45-33-4-2-3-28(36-33)24-9-12-38(13-10-24)21-32-35-29-8-7-25(34(41)42)18-31(29)40(32)20-27-11-15-44-27/h2-8,17-19,24,27H,9-16,20-22H2,1H3,(H,41,42)/t27-/m0/s1. The van der Waals surface area contributed by atoms with E-state index >= 15 is 0 Å². The lowest BCUT2D eigenvalue weighted by molar-refractivity contribution is -0.0592. The molecule has 0 saturated carbocycles. The summed E-state index contributed by atoms with van der Waals surface area (Å²) in [6.45, 7) is 5.81. The van der Waals surface area contributed by atoms with E-state index in [0.29, 0.717) is 38.1 Å². The Balaban J connectivity index is 0.976. The van der Waals surface area contributed by atoms with Gasteiger partial charge in [-0.25, -0.2) is 14.8 Å². The van der Waals surface area contributed by atoms with E-state index in [9.17, 15) is 9.90 Å². The minimum atomic E-state index is -0.931. The number of hydrogen-bond acceptors (Lipinski definition) is 8. The van der Waals surface area contributed by atoms with Crippen LogP contribution >= 0.6 is 0 Å². The molecule has 2 aliphatic heterocycles. The number of aromatic nitrogens is 5. The molecule has 1 atom stereocenters. The summed E-state index contributed by atoms with van der Waals surface area (Å²) in [6, 6.07) is 17.4. The van der Waals surface area contributed by atoms with E-state index in [1.54, 1.807) is 19.2 Å². The molecule has 2 aromatic carbocycles. The fourth-order valence-corrected chi connectivity index (χ4v) is 6.25. The zero-order chi connectivity index (χ0) is 30.8. The molecule has 11 heteroatoms. The summed E-state index contributed by atoms with van der Waals surface area (Å²) < 4.78 is 21.1. The number of aromatic carboxylic acids is 1. The molecule has 7 rings (SSSR count). The van der Waals surface area contributed by atoms with Crippen molar-refractivity contribution in [3.63, 3.8) is 0 Å². The van der Waals surface area contributed by atoms with Crippen LogP contribution in [0, 0.1) is 0 Å². The SMILES string of the molecule is COCCn1cc2ccc(COc3cccc(C4CCN(Cc5nc6ccc(C(=O)O)cc6n5C[C@@H]5CCO5)CC4)n3)cc2n1. The number of likely N-dealkylation sites (tertiary alicyclic amines) is 1. The summed E-state index contributed by atoms with van der Waals surface area (Å²) in [4.78, 5) is 23.9. The number of benzene rings is 2. The fraction of sp³-hybridized carbons (Fsp3) is 0.412. The van der Waals surface area contributed by atoms with Crippen LogP contribution in [0.3, 0.4) is 0 Å². The van der Waals surface area contributed by atoms with E-state index in [4.69, 9.17) is 24.2 Å². The molecule has 45 heavy (non-hydrogen) atoms. The van der Waals surface area contributed by atoms with Crippen LogP contribution in [0.25, 0.3) is 21.9 Å². The third kappa shape index (κ3) is 6.56. The average Bonchev–Trinajstić information content (AvgIpc) is 3.60. The second-order valence-corrected chi connectivity index (χ2v) is 11.9. The van der Waals surface area contributed by atoms with Gasteiger partial charge in [0.05, 0.1) is 54.5 Å². The van der Waals surface area contributed by atoms with Gasteiger partial charge in [0, 0.05) is 43.0 Å². The number of imidazole rings is 1. The maximum Gasteiger partial charge on any atom is 0.335 e. The van der Waals surface area contributed by atoms with Crippen molar-refractivity contribution in [2.45, 2.75) is 57.5 Å². The number of ether oxygens (including phenoxy) is 3. The fourth-order valence-electron chi connectivity index (χ4n) is 6.25. The van der Waals surface area contributed by atoms with Crippen LogP contribution in [0.4, 0.5) is 0 Å². The highest BCUT2D eigenvalue weighted by molar-refractivity contribution is 5.92.